The standard InChI is InChI=1S/C19H19Cl2NO2/c1-12-7-13(2)9-15(8-12)19(23)22-5-6-24-18(11-22)14-3-4-16(20)17(21)10-14/h3-4,7-10,18H,5-6,11H2,1-2H3. The zero-order valence-corrected chi connectivity index (χ0v) is 15.2. The van der Waals surface area contributed by atoms with Crippen molar-refractivity contribution in [1.29, 1.82) is 0 Å². The number of halogens is 2. The molecule has 2 aromatic carbocycles. The van der Waals surface area contributed by atoms with Crippen LogP contribution in [0.4, 0.5) is 0 Å². The lowest BCUT2D eigenvalue weighted by Gasteiger charge is -2.33. The number of hydrogen-bond acceptors (Lipinski definition) is 2. The molecule has 1 fully saturated rings. The summed E-state index contributed by atoms with van der Waals surface area (Å²) in [5.74, 6) is 0.0372. The molecule has 1 aliphatic rings. The summed E-state index contributed by atoms with van der Waals surface area (Å²) in [4.78, 5) is 14.7. The van der Waals surface area contributed by atoms with Crippen LogP contribution in [-0.4, -0.2) is 30.5 Å². The van der Waals surface area contributed by atoms with Crippen LogP contribution in [0.5, 0.6) is 0 Å². The number of benzene rings is 2. The molecule has 0 N–H and O–H groups in total. The summed E-state index contributed by atoms with van der Waals surface area (Å²) in [6, 6.07) is 11.4. The van der Waals surface area contributed by atoms with Gasteiger partial charge in [0.15, 0.2) is 0 Å². The van der Waals surface area contributed by atoms with Gasteiger partial charge in [0.2, 0.25) is 0 Å². The van der Waals surface area contributed by atoms with E-state index in [0.29, 0.717) is 29.7 Å². The SMILES string of the molecule is Cc1cc(C)cc(C(=O)N2CCOC(c3ccc(Cl)c(Cl)c3)C2)c1. The first-order valence-corrected chi connectivity index (χ1v) is 8.64. The molecule has 0 spiro atoms. The molecular weight excluding hydrogens is 345 g/mol. The molecule has 126 valence electrons. The maximum absolute atomic E-state index is 12.8. The third-order valence-electron chi connectivity index (χ3n) is 4.14. The van der Waals surface area contributed by atoms with Crippen LogP contribution in [0, 0.1) is 13.8 Å². The summed E-state index contributed by atoms with van der Waals surface area (Å²) >= 11 is 12.1. The molecule has 24 heavy (non-hydrogen) atoms. The minimum atomic E-state index is -0.191. The van der Waals surface area contributed by atoms with Gasteiger partial charge >= 0.3 is 0 Å². The fraction of sp³-hybridized carbons (Fsp3) is 0.316. The van der Waals surface area contributed by atoms with E-state index >= 15 is 0 Å². The molecule has 0 saturated carbocycles. The Kier molecular flexibility index (Phi) is 5.14. The minimum Gasteiger partial charge on any atom is -0.370 e. The van der Waals surface area contributed by atoms with E-state index in [4.69, 9.17) is 27.9 Å². The number of carbonyl (C=O) groups excluding carboxylic acids is 1. The summed E-state index contributed by atoms with van der Waals surface area (Å²) in [6.45, 7) is 5.60. The van der Waals surface area contributed by atoms with E-state index in [1.807, 2.05) is 36.9 Å². The van der Waals surface area contributed by atoms with Crippen molar-refractivity contribution in [3.05, 3.63) is 68.7 Å². The van der Waals surface area contributed by atoms with Gasteiger partial charge in [-0.1, -0.05) is 46.5 Å². The third-order valence-corrected chi connectivity index (χ3v) is 4.88. The predicted octanol–water partition coefficient (Wildman–Crippen LogP) is 4.82. The van der Waals surface area contributed by atoms with E-state index in [0.717, 1.165) is 22.3 Å². The van der Waals surface area contributed by atoms with E-state index in [-0.39, 0.29) is 12.0 Å². The minimum absolute atomic E-state index is 0.0372. The molecule has 0 aromatic heterocycles. The number of morpholine rings is 1. The van der Waals surface area contributed by atoms with E-state index in [9.17, 15) is 4.79 Å². The molecular formula is C19H19Cl2NO2. The van der Waals surface area contributed by atoms with Crippen LogP contribution in [0.15, 0.2) is 36.4 Å². The van der Waals surface area contributed by atoms with Gasteiger partial charge in [0.1, 0.15) is 6.10 Å². The van der Waals surface area contributed by atoms with Gasteiger partial charge in [-0.05, 0) is 43.7 Å². The summed E-state index contributed by atoms with van der Waals surface area (Å²) in [5.41, 5.74) is 3.84. The lowest BCUT2D eigenvalue weighted by Crippen LogP contribution is -2.42. The maximum Gasteiger partial charge on any atom is 0.254 e. The lowest BCUT2D eigenvalue weighted by molar-refractivity contribution is -0.0228. The molecule has 3 rings (SSSR count). The van der Waals surface area contributed by atoms with Crippen LogP contribution in [0.25, 0.3) is 0 Å². The summed E-state index contributed by atoms with van der Waals surface area (Å²) in [5, 5.41) is 1.01. The molecule has 0 bridgehead atoms. The molecule has 1 amide bonds. The zero-order chi connectivity index (χ0) is 17.3. The third kappa shape index (κ3) is 3.75. The molecule has 1 heterocycles. The Labute approximate surface area is 152 Å². The Morgan fingerprint density at radius 3 is 2.46 bits per heavy atom. The smallest absolute Gasteiger partial charge is 0.254 e. The molecule has 1 saturated heterocycles. The van der Waals surface area contributed by atoms with Crippen LogP contribution >= 0.6 is 23.2 Å². The van der Waals surface area contributed by atoms with E-state index in [1.54, 1.807) is 12.1 Å². The Balaban J connectivity index is 1.79. The summed E-state index contributed by atoms with van der Waals surface area (Å²) in [6.07, 6.45) is -0.191. The number of ether oxygens (including phenoxy) is 1. The van der Waals surface area contributed by atoms with Crippen molar-refractivity contribution in [2.75, 3.05) is 19.7 Å². The Hall–Kier alpha value is -1.55. The molecule has 1 atom stereocenters. The van der Waals surface area contributed by atoms with Crippen molar-refractivity contribution in [2.24, 2.45) is 0 Å². The maximum atomic E-state index is 12.8. The Morgan fingerprint density at radius 2 is 1.79 bits per heavy atom. The van der Waals surface area contributed by atoms with Crippen LogP contribution in [-0.2, 0) is 4.74 Å². The zero-order valence-electron chi connectivity index (χ0n) is 13.7. The molecule has 5 heteroatoms. The molecule has 1 aliphatic heterocycles. The Bertz CT molecular complexity index is 756. The van der Waals surface area contributed by atoms with E-state index in [2.05, 4.69) is 6.07 Å². The van der Waals surface area contributed by atoms with E-state index < -0.39 is 0 Å². The monoisotopic (exact) mass is 363 g/mol. The first kappa shape index (κ1) is 17.3. The second-order valence-electron chi connectivity index (χ2n) is 6.16. The highest BCUT2D eigenvalue weighted by Crippen LogP contribution is 2.29. The average Bonchev–Trinajstić information content (AvgIpc) is 2.56. The second-order valence-corrected chi connectivity index (χ2v) is 6.97. The highest BCUT2D eigenvalue weighted by Gasteiger charge is 2.26. The van der Waals surface area contributed by atoms with Gasteiger partial charge in [-0.15, -0.1) is 0 Å². The number of amides is 1. The first-order valence-electron chi connectivity index (χ1n) is 7.88. The van der Waals surface area contributed by atoms with Crippen molar-refractivity contribution in [3.8, 4) is 0 Å². The van der Waals surface area contributed by atoms with Gasteiger partial charge in [0, 0.05) is 12.1 Å². The number of nitrogens with zero attached hydrogens (tertiary/aromatic N) is 1. The van der Waals surface area contributed by atoms with Crippen molar-refractivity contribution >= 4 is 29.1 Å². The van der Waals surface area contributed by atoms with Crippen molar-refractivity contribution in [3.63, 3.8) is 0 Å². The number of carbonyl (C=O) groups is 1. The van der Waals surface area contributed by atoms with Crippen LogP contribution in [0.1, 0.15) is 33.2 Å². The Morgan fingerprint density at radius 1 is 1.08 bits per heavy atom. The molecule has 2 aromatic rings. The van der Waals surface area contributed by atoms with Crippen molar-refractivity contribution in [1.82, 2.24) is 4.90 Å². The number of rotatable bonds is 2. The number of aryl methyl sites for hydroxylation is 2. The van der Waals surface area contributed by atoms with Gasteiger partial charge < -0.3 is 9.64 Å². The fourth-order valence-electron chi connectivity index (χ4n) is 3.03. The summed E-state index contributed by atoms with van der Waals surface area (Å²) in [7, 11) is 0. The molecule has 1 unspecified atom stereocenters. The van der Waals surface area contributed by atoms with Gasteiger partial charge in [-0.3, -0.25) is 4.79 Å². The topological polar surface area (TPSA) is 29.5 Å². The molecule has 0 radical (unpaired) electrons. The van der Waals surface area contributed by atoms with E-state index in [1.165, 1.54) is 0 Å². The molecule has 3 nitrogen and oxygen atoms in total. The van der Waals surface area contributed by atoms with Crippen LogP contribution in [0.2, 0.25) is 10.0 Å². The molecule has 0 aliphatic carbocycles. The van der Waals surface area contributed by atoms with Crippen LogP contribution < -0.4 is 0 Å². The largest absolute Gasteiger partial charge is 0.370 e. The van der Waals surface area contributed by atoms with Gasteiger partial charge in [0.05, 0.1) is 23.2 Å². The van der Waals surface area contributed by atoms with Gasteiger partial charge in [-0.2, -0.15) is 0 Å². The van der Waals surface area contributed by atoms with Gasteiger partial charge in [-0.25, -0.2) is 0 Å². The van der Waals surface area contributed by atoms with Crippen molar-refractivity contribution in [2.45, 2.75) is 20.0 Å². The highest BCUT2D eigenvalue weighted by molar-refractivity contribution is 6.42. The fourth-order valence-corrected chi connectivity index (χ4v) is 3.34. The van der Waals surface area contributed by atoms with Gasteiger partial charge in [0.25, 0.3) is 5.91 Å². The average molecular weight is 364 g/mol. The first-order chi connectivity index (χ1) is 11.4. The lowest BCUT2D eigenvalue weighted by atomic mass is 10.0. The quantitative estimate of drug-likeness (QED) is 0.764. The predicted molar refractivity (Wildman–Crippen MR) is 97.0 cm³/mol. The summed E-state index contributed by atoms with van der Waals surface area (Å²) < 4.78 is 5.83. The second kappa shape index (κ2) is 7.14. The normalized spacial score (nSPS) is 17.8. The van der Waals surface area contributed by atoms with Crippen molar-refractivity contribution < 1.29 is 9.53 Å². The highest BCUT2D eigenvalue weighted by atomic mass is 35.5. The number of hydrogen-bond donors (Lipinski definition) is 0. The van der Waals surface area contributed by atoms with Crippen LogP contribution in [0.3, 0.4) is 0 Å².